The van der Waals surface area contributed by atoms with Crippen molar-refractivity contribution in [3.05, 3.63) is 12.4 Å². The van der Waals surface area contributed by atoms with Crippen molar-refractivity contribution >= 4 is 12.9 Å². The van der Waals surface area contributed by atoms with E-state index in [1.54, 1.807) is 52.3 Å². The zero-order valence-corrected chi connectivity index (χ0v) is 12.6. The minimum atomic E-state index is -0.952. The quantitative estimate of drug-likeness (QED) is 0.735. The van der Waals surface area contributed by atoms with Crippen LogP contribution in [-0.4, -0.2) is 44.3 Å². The second kappa shape index (κ2) is 5.27. The van der Waals surface area contributed by atoms with Crippen LogP contribution in [0.4, 0.5) is 0 Å². The fourth-order valence-electron chi connectivity index (χ4n) is 1.28. The Labute approximate surface area is 115 Å². The first-order valence-electron chi connectivity index (χ1n) is 6.39. The van der Waals surface area contributed by atoms with E-state index >= 15 is 0 Å². The van der Waals surface area contributed by atoms with Gasteiger partial charge in [0.1, 0.15) is 0 Å². The molecule has 5 nitrogen and oxygen atoms in total. The van der Waals surface area contributed by atoms with Gasteiger partial charge in [0, 0.05) is 12.4 Å². The van der Waals surface area contributed by atoms with Crippen molar-refractivity contribution in [2.45, 2.75) is 64.9 Å². The van der Waals surface area contributed by atoms with Crippen molar-refractivity contribution in [2.24, 2.45) is 0 Å². The lowest BCUT2D eigenvalue weighted by Gasteiger charge is -2.37. The van der Waals surface area contributed by atoms with Gasteiger partial charge in [-0.3, -0.25) is 4.68 Å². The molecule has 0 saturated heterocycles. The third-order valence-corrected chi connectivity index (χ3v) is 3.17. The Morgan fingerprint density at radius 3 is 2.26 bits per heavy atom. The van der Waals surface area contributed by atoms with Crippen molar-refractivity contribution in [3.8, 4) is 0 Å². The molecule has 6 heteroatoms. The first-order chi connectivity index (χ1) is 8.41. The lowest BCUT2D eigenvalue weighted by Crippen LogP contribution is -2.49. The van der Waals surface area contributed by atoms with Crippen LogP contribution >= 0.6 is 0 Å². The molecule has 19 heavy (non-hydrogen) atoms. The minimum absolute atomic E-state index is 0.412. The van der Waals surface area contributed by atoms with E-state index in [9.17, 15) is 10.2 Å². The maximum absolute atomic E-state index is 9.98. The standard InChI is InChI=1S/C13H24BN2O3/c1-11(2,17)9-16-8-10(7-15-16)14-19-13(5,6)12(3,4)18/h7-8,17-18H,9H2,1-6H3. The fourth-order valence-corrected chi connectivity index (χ4v) is 1.28. The summed E-state index contributed by atoms with van der Waals surface area (Å²) in [6, 6.07) is 0. The van der Waals surface area contributed by atoms with Crippen molar-refractivity contribution in [1.29, 1.82) is 0 Å². The summed E-state index contributed by atoms with van der Waals surface area (Å²) in [4.78, 5) is 0. The maximum atomic E-state index is 9.98. The molecule has 0 amide bonds. The average Bonchev–Trinajstić information content (AvgIpc) is 2.58. The molecule has 0 saturated carbocycles. The van der Waals surface area contributed by atoms with Gasteiger partial charge in [0.25, 0.3) is 0 Å². The molecule has 1 aromatic rings. The molecule has 0 unspecified atom stereocenters. The Hall–Kier alpha value is -0.845. The van der Waals surface area contributed by atoms with E-state index in [0.717, 1.165) is 5.46 Å². The number of hydrogen-bond donors (Lipinski definition) is 2. The summed E-state index contributed by atoms with van der Waals surface area (Å²) in [5.74, 6) is 0. The Morgan fingerprint density at radius 1 is 1.21 bits per heavy atom. The molecule has 0 aliphatic rings. The van der Waals surface area contributed by atoms with Gasteiger partial charge >= 0.3 is 7.48 Å². The lowest BCUT2D eigenvalue weighted by molar-refractivity contribution is -0.0893. The van der Waals surface area contributed by atoms with Crippen LogP contribution in [0.1, 0.15) is 41.5 Å². The van der Waals surface area contributed by atoms with Gasteiger partial charge < -0.3 is 14.9 Å². The Kier molecular flexibility index (Phi) is 4.49. The monoisotopic (exact) mass is 267 g/mol. The topological polar surface area (TPSA) is 67.5 Å². The van der Waals surface area contributed by atoms with Gasteiger partial charge in [-0.15, -0.1) is 0 Å². The Balaban J connectivity index is 2.61. The molecular weight excluding hydrogens is 243 g/mol. The molecule has 0 spiro atoms. The zero-order valence-electron chi connectivity index (χ0n) is 12.6. The first-order valence-corrected chi connectivity index (χ1v) is 6.39. The van der Waals surface area contributed by atoms with Gasteiger partial charge in [-0.1, -0.05) is 0 Å². The molecule has 2 N–H and O–H groups in total. The van der Waals surface area contributed by atoms with Crippen LogP contribution in [0.3, 0.4) is 0 Å². The second-order valence-electron chi connectivity index (χ2n) is 6.59. The average molecular weight is 267 g/mol. The number of nitrogens with zero attached hydrogens (tertiary/aromatic N) is 2. The van der Waals surface area contributed by atoms with E-state index in [1.807, 2.05) is 13.8 Å². The highest BCUT2D eigenvalue weighted by Crippen LogP contribution is 2.24. The molecule has 1 aromatic heterocycles. The summed E-state index contributed by atoms with van der Waals surface area (Å²) in [5.41, 5.74) is -1.67. The molecule has 0 atom stereocenters. The van der Waals surface area contributed by atoms with E-state index in [-0.39, 0.29) is 0 Å². The fraction of sp³-hybridized carbons (Fsp3) is 0.769. The number of aromatic nitrogens is 2. The maximum Gasteiger partial charge on any atom is 0.334 e. The summed E-state index contributed by atoms with van der Waals surface area (Å²) in [7, 11) is 1.58. The van der Waals surface area contributed by atoms with Gasteiger partial charge in [-0.25, -0.2) is 0 Å². The van der Waals surface area contributed by atoms with Gasteiger partial charge in [0.15, 0.2) is 0 Å². The Morgan fingerprint density at radius 2 is 1.79 bits per heavy atom. The Bertz CT molecular complexity index is 416. The van der Waals surface area contributed by atoms with E-state index in [4.69, 9.17) is 4.65 Å². The van der Waals surface area contributed by atoms with Crippen molar-refractivity contribution in [1.82, 2.24) is 9.78 Å². The number of aliphatic hydroxyl groups is 2. The van der Waals surface area contributed by atoms with E-state index in [0.29, 0.717) is 6.54 Å². The van der Waals surface area contributed by atoms with E-state index in [2.05, 4.69) is 5.10 Å². The molecule has 1 heterocycles. The molecule has 0 aromatic carbocycles. The molecule has 1 radical (unpaired) electrons. The minimum Gasteiger partial charge on any atom is -0.427 e. The number of hydrogen-bond acceptors (Lipinski definition) is 4. The van der Waals surface area contributed by atoms with Crippen LogP contribution in [0.2, 0.25) is 0 Å². The highest BCUT2D eigenvalue weighted by molar-refractivity contribution is 6.46. The molecular formula is C13H24BN2O3. The van der Waals surface area contributed by atoms with Gasteiger partial charge in [0.05, 0.1) is 23.3 Å². The lowest BCUT2D eigenvalue weighted by atomic mass is 9.84. The zero-order chi connectivity index (χ0) is 14.9. The predicted molar refractivity (Wildman–Crippen MR) is 75.4 cm³/mol. The summed E-state index contributed by atoms with van der Waals surface area (Å²) in [6.45, 7) is 10.9. The van der Waals surface area contributed by atoms with Crippen LogP contribution in [0.15, 0.2) is 12.4 Å². The smallest absolute Gasteiger partial charge is 0.334 e. The van der Waals surface area contributed by atoms with Crippen molar-refractivity contribution < 1.29 is 14.9 Å². The van der Waals surface area contributed by atoms with Gasteiger partial charge in [-0.05, 0) is 47.0 Å². The van der Waals surface area contributed by atoms with Crippen LogP contribution in [-0.2, 0) is 11.2 Å². The van der Waals surface area contributed by atoms with Crippen LogP contribution in [0.25, 0.3) is 0 Å². The largest absolute Gasteiger partial charge is 0.427 e. The summed E-state index contributed by atoms with van der Waals surface area (Å²) in [6.07, 6.45) is 3.45. The highest BCUT2D eigenvalue weighted by Gasteiger charge is 2.35. The van der Waals surface area contributed by atoms with Gasteiger partial charge in [0.2, 0.25) is 0 Å². The van der Waals surface area contributed by atoms with Crippen LogP contribution < -0.4 is 5.46 Å². The summed E-state index contributed by atoms with van der Waals surface area (Å²) in [5, 5.41) is 23.8. The predicted octanol–water partition coefficient (Wildman–Crippen LogP) is 0.465. The third-order valence-electron chi connectivity index (χ3n) is 3.17. The molecule has 0 bridgehead atoms. The number of rotatable bonds is 6. The van der Waals surface area contributed by atoms with Crippen LogP contribution in [0, 0.1) is 0 Å². The molecule has 107 valence electrons. The van der Waals surface area contributed by atoms with Crippen molar-refractivity contribution in [2.75, 3.05) is 0 Å². The first kappa shape index (κ1) is 16.2. The third kappa shape index (κ3) is 4.97. The highest BCUT2D eigenvalue weighted by atomic mass is 16.5. The van der Waals surface area contributed by atoms with Crippen LogP contribution in [0.5, 0.6) is 0 Å². The second-order valence-corrected chi connectivity index (χ2v) is 6.59. The van der Waals surface area contributed by atoms with E-state index < -0.39 is 16.8 Å². The van der Waals surface area contributed by atoms with Crippen molar-refractivity contribution in [3.63, 3.8) is 0 Å². The molecule has 0 aliphatic carbocycles. The summed E-state index contributed by atoms with van der Waals surface area (Å²) >= 11 is 0. The molecule has 1 rings (SSSR count). The molecule has 0 aliphatic heterocycles. The SMILES string of the molecule is CC(C)(O)Cn1cc([B]OC(C)(C)C(C)(C)O)cn1. The summed E-state index contributed by atoms with van der Waals surface area (Å²) < 4.78 is 7.29. The normalized spacial score (nSPS) is 13.7. The van der Waals surface area contributed by atoms with Gasteiger partial charge in [-0.2, -0.15) is 5.10 Å². The van der Waals surface area contributed by atoms with E-state index in [1.165, 1.54) is 0 Å². The molecule has 0 fully saturated rings.